The minimum Gasteiger partial charge on any atom is -0.319 e. The molecule has 2 rings (SSSR count). The van der Waals surface area contributed by atoms with Crippen LogP contribution in [0, 0.1) is 5.92 Å². The molecule has 0 aromatic carbocycles. The van der Waals surface area contributed by atoms with Gasteiger partial charge in [0.15, 0.2) is 0 Å². The van der Waals surface area contributed by atoms with Gasteiger partial charge in [0.05, 0.1) is 6.04 Å². The van der Waals surface area contributed by atoms with Crippen LogP contribution < -0.4 is 5.32 Å². The summed E-state index contributed by atoms with van der Waals surface area (Å²) < 4.78 is 27.8. The van der Waals surface area contributed by atoms with Crippen molar-refractivity contribution in [2.24, 2.45) is 13.0 Å². The summed E-state index contributed by atoms with van der Waals surface area (Å²) in [5.41, 5.74) is 0. The number of nitrogens with zero attached hydrogens (tertiary/aromatic N) is 3. The Bertz CT molecular complexity index is 377. The van der Waals surface area contributed by atoms with E-state index in [1.807, 2.05) is 18.5 Å². The van der Waals surface area contributed by atoms with Crippen molar-refractivity contribution in [2.75, 3.05) is 6.54 Å². The third-order valence-corrected chi connectivity index (χ3v) is 3.35. The van der Waals surface area contributed by atoms with Crippen molar-refractivity contribution >= 4 is 0 Å². The second-order valence-electron chi connectivity index (χ2n) is 4.89. The fourth-order valence-corrected chi connectivity index (χ4v) is 2.33. The maximum atomic E-state index is 13.0. The largest absolute Gasteiger partial charge is 0.319 e. The normalized spacial score (nSPS) is 25.1. The fourth-order valence-electron chi connectivity index (χ4n) is 2.33. The number of rotatable bonds is 4. The lowest BCUT2D eigenvalue weighted by Gasteiger charge is -2.16. The van der Waals surface area contributed by atoms with E-state index in [-0.39, 0.29) is 24.8 Å². The molecule has 0 saturated heterocycles. The third-order valence-electron chi connectivity index (χ3n) is 3.35. The van der Waals surface area contributed by atoms with Crippen molar-refractivity contribution in [1.82, 2.24) is 20.1 Å². The zero-order valence-corrected chi connectivity index (χ0v) is 10.2. The van der Waals surface area contributed by atoms with Crippen molar-refractivity contribution in [3.63, 3.8) is 0 Å². The van der Waals surface area contributed by atoms with Crippen LogP contribution >= 0.6 is 0 Å². The number of hydrogen-bond acceptors (Lipinski definition) is 3. The zero-order valence-electron chi connectivity index (χ0n) is 10.2. The topological polar surface area (TPSA) is 42.7 Å². The summed E-state index contributed by atoms with van der Waals surface area (Å²) in [6.07, 6.45) is 2.27. The van der Waals surface area contributed by atoms with Gasteiger partial charge in [-0.15, -0.1) is 10.2 Å². The predicted octanol–water partition coefficient (Wildman–Crippen LogP) is 1.90. The van der Waals surface area contributed by atoms with Crippen LogP contribution in [0.4, 0.5) is 8.78 Å². The second-order valence-corrected chi connectivity index (χ2v) is 4.89. The molecule has 0 aliphatic heterocycles. The molecule has 1 N–H and O–H groups in total. The number of halogens is 2. The molecular formula is C11H18F2N4. The van der Waals surface area contributed by atoms with E-state index in [4.69, 9.17) is 0 Å². The van der Waals surface area contributed by atoms with Crippen molar-refractivity contribution in [2.45, 2.75) is 38.2 Å². The summed E-state index contributed by atoms with van der Waals surface area (Å²) in [7, 11) is 1.87. The van der Waals surface area contributed by atoms with E-state index >= 15 is 0 Å². The van der Waals surface area contributed by atoms with Crippen molar-refractivity contribution in [3.05, 3.63) is 12.2 Å². The lowest BCUT2D eigenvalue weighted by molar-refractivity contribution is 0.00499. The van der Waals surface area contributed by atoms with Gasteiger partial charge in [-0.25, -0.2) is 8.78 Å². The quantitative estimate of drug-likeness (QED) is 0.879. The van der Waals surface area contributed by atoms with Crippen LogP contribution in [0.2, 0.25) is 0 Å². The van der Waals surface area contributed by atoms with Crippen LogP contribution in [0.3, 0.4) is 0 Å². The van der Waals surface area contributed by atoms with Gasteiger partial charge in [-0.3, -0.25) is 0 Å². The summed E-state index contributed by atoms with van der Waals surface area (Å²) in [4.78, 5) is 0. The SMILES string of the molecule is CC(NCC1CCC(F)(F)C1)c1nncn1C. The van der Waals surface area contributed by atoms with Crippen LogP contribution in [0.5, 0.6) is 0 Å². The molecule has 2 unspecified atom stereocenters. The standard InChI is InChI=1S/C11H18F2N4/c1-8(10-16-15-7-17(10)2)14-6-9-3-4-11(12,13)5-9/h7-9,14H,3-6H2,1-2H3. The van der Waals surface area contributed by atoms with Gasteiger partial charge >= 0.3 is 0 Å². The van der Waals surface area contributed by atoms with E-state index in [2.05, 4.69) is 15.5 Å². The molecular weight excluding hydrogens is 226 g/mol. The Balaban J connectivity index is 1.81. The van der Waals surface area contributed by atoms with Crippen LogP contribution in [-0.2, 0) is 7.05 Å². The molecule has 1 aliphatic carbocycles. The summed E-state index contributed by atoms with van der Waals surface area (Å²) in [5.74, 6) is -1.56. The Morgan fingerprint density at radius 2 is 2.41 bits per heavy atom. The third kappa shape index (κ3) is 3.00. The smallest absolute Gasteiger partial charge is 0.248 e. The molecule has 2 atom stereocenters. The number of hydrogen-bond donors (Lipinski definition) is 1. The van der Waals surface area contributed by atoms with Gasteiger partial charge in [0, 0.05) is 19.9 Å². The summed E-state index contributed by atoms with van der Waals surface area (Å²) in [6, 6.07) is 0.0386. The maximum Gasteiger partial charge on any atom is 0.248 e. The van der Waals surface area contributed by atoms with Crippen molar-refractivity contribution < 1.29 is 8.78 Å². The minimum atomic E-state index is -2.46. The van der Waals surface area contributed by atoms with Crippen LogP contribution in [0.25, 0.3) is 0 Å². The highest BCUT2D eigenvalue weighted by atomic mass is 19.3. The van der Waals surface area contributed by atoms with Gasteiger partial charge in [-0.2, -0.15) is 0 Å². The molecule has 1 aliphatic rings. The van der Waals surface area contributed by atoms with E-state index < -0.39 is 5.92 Å². The molecule has 1 aromatic heterocycles. The van der Waals surface area contributed by atoms with E-state index in [1.165, 1.54) is 0 Å². The molecule has 1 aromatic rings. The van der Waals surface area contributed by atoms with Crippen molar-refractivity contribution in [1.29, 1.82) is 0 Å². The molecule has 96 valence electrons. The summed E-state index contributed by atoms with van der Waals surface area (Å²) >= 11 is 0. The van der Waals surface area contributed by atoms with Crippen LogP contribution in [0.15, 0.2) is 6.33 Å². The first kappa shape index (κ1) is 12.4. The van der Waals surface area contributed by atoms with Gasteiger partial charge in [-0.05, 0) is 25.8 Å². The predicted molar refractivity (Wildman–Crippen MR) is 59.7 cm³/mol. The highest BCUT2D eigenvalue weighted by molar-refractivity contribution is 4.93. The van der Waals surface area contributed by atoms with Gasteiger partial charge in [0.2, 0.25) is 5.92 Å². The van der Waals surface area contributed by atoms with Gasteiger partial charge in [0.1, 0.15) is 12.2 Å². The molecule has 1 heterocycles. The molecule has 17 heavy (non-hydrogen) atoms. The lowest BCUT2D eigenvalue weighted by Crippen LogP contribution is -2.27. The van der Waals surface area contributed by atoms with Gasteiger partial charge in [0.25, 0.3) is 0 Å². The average Bonchev–Trinajstić information content (AvgIpc) is 2.81. The molecule has 0 spiro atoms. The van der Waals surface area contributed by atoms with E-state index in [1.54, 1.807) is 6.33 Å². The second kappa shape index (κ2) is 4.68. The first-order valence-corrected chi connectivity index (χ1v) is 5.93. The fraction of sp³-hybridized carbons (Fsp3) is 0.818. The Morgan fingerprint density at radius 3 is 2.94 bits per heavy atom. The first-order valence-electron chi connectivity index (χ1n) is 5.93. The lowest BCUT2D eigenvalue weighted by atomic mass is 10.1. The van der Waals surface area contributed by atoms with E-state index in [0.717, 1.165) is 5.82 Å². The Hall–Kier alpha value is -1.04. The molecule has 0 bridgehead atoms. The molecule has 0 amide bonds. The van der Waals surface area contributed by atoms with E-state index in [0.29, 0.717) is 13.0 Å². The minimum absolute atomic E-state index is 0.00549. The number of nitrogens with one attached hydrogen (secondary N) is 1. The number of alkyl halides is 2. The van der Waals surface area contributed by atoms with Crippen LogP contribution in [-0.4, -0.2) is 27.2 Å². The van der Waals surface area contributed by atoms with Gasteiger partial charge in [-0.1, -0.05) is 0 Å². The number of aryl methyl sites for hydroxylation is 1. The van der Waals surface area contributed by atoms with E-state index in [9.17, 15) is 8.78 Å². The summed E-state index contributed by atoms with van der Waals surface area (Å²) in [6.45, 7) is 2.58. The Kier molecular flexibility index (Phi) is 3.42. The highest BCUT2D eigenvalue weighted by Crippen LogP contribution is 2.38. The average molecular weight is 244 g/mol. The van der Waals surface area contributed by atoms with Crippen LogP contribution in [0.1, 0.15) is 38.1 Å². The number of aromatic nitrogens is 3. The monoisotopic (exact) mass is 244 g/mol. The Morgan fingerprint density at radius 1 is 1.65 bits per heavy atom. The molecule has 4 nitrogen and oxygen atoms in total. The molecule has 6 heteroatoms. The molecule has 1 saturated carbocycles. The highest BCUT2D eigenvalue weighted by Gasteiger charge is 2.39. The first-order chi connectivity index (χ1) is 7.98. The molecule has 0 radical (unpaired) electrons. The zero-order chi connectivity index (χ0) is 12.5. The van der Waals surface area contributed by atoms with Gasteiger partial charge < -0.3 is 9.88 Å². The Labute approximate surface area is 99.4 Å². The summed E-state index contributed by atoms with van der Waals surface area (Å²) in [5, 5.41) is 11.0. The molecule has 1 fully saturated rings. The maximum absolute atomic E-state index is 13.0. The van der Waals surface area contributed by atoms with Crippen molar-refractivity contribution in [3.8, 4) is 0 Å².